The molecule has 0 aromatic heterocycles. The SMILES string of the molecule is CC(NC(=O)COc1ccc(C=NNC(=O)CN(c2ccccc2F)S(C)(=O)=O)cc1)c1ccccc1. The second-order valence-corrected chi connectivity index (χ2v) is 9.98. The van der Waals surface area contributed by atoms with E-state index in [0.717, 1.165) is 17.9 Å². The number of nitrogens with zero attached hydrogens (tertiary/aromatic N) is 2. The second kappa shape index (κ2) is 12.6. The molecule has 3 aromatic rings. The Morgan fingerprint density at radius 1 is 1.00 bits per heavy atom. The van der Waals surface area contributed by atoms with Crippen LogP contribution in [0.3, 0.4) is 0 Å². The van der Waals surface area contributed by atoms with Gasteiger partial charge in [0.25, 0.3) is 11.8 Å². The molecule has 0 fully saturated rings. The van der Waals surface area contributed by atoms with E-state index < -0.39 is 28.3 Å². The number of sulfonamides is 1. The highest BCUT2D eigenvalue weighted by atomic mass is 32.2. The van der Waals surface area contributed by atoms with E-state index in [1.54, 1.807) is 24.3 Å². The van der Waals surface area contributed by atoms with Crippen molar-refractivity contribution in [3.63, 3.8) is 0 Å². The Morgan fingerprint density at radius 2 is 1.65 bits per heavy atom. The predicted molar refractivity (Wildman–Crippen MR) is 139 cm³/mol. The highest BCUT2D eigenvalue weighted by Crippen LogP contribution is 2.21. The minimum Gasteiger partial charge on any atom is -0.484 e. The van der Waals surface area contributed by atoms with Crippen molar-refractivity contribution in [3.05, 3.63) is 95.8 Å². The Bertz CT molecular complexity index is 1350. The molecule has 0 aliphatic carbocycles. The van der Waals surface area contributed by atoms with Crippen molar-refractivity contribution in [2.75, 3.05) is 23.7 Å². The van der Waals surface area contributed by atoms with Crippen molar-refractivity contribution in [2.24, 2.45) is 5.10 Å². The quantitative estimate of drug-likeness (QED) is 0.294. The third-order valence-electron chi connectivity index (χ3n) is 5.14. The van der Waals surface area contributed by atoms with E-state index in [1.807, 2.05) is 37.3 Å². The lowest BCUT2D eigenvalue weighted by Gasteiger charge is -2.21. The molecule has 0 aliphatic rings. The summed E-state index contributed by atoms with van der Waals surface area (Å²) in [7, 11) is -3.91. The monoisotopic (exact) mass is 526 g/mol. The minimum absolute atomic E-state index is 0.151. The van der Waals surface area contributed by atoms with Crippen LogP contribution in [-0.4, -0.2) is 45.9 Å². The van der Waals surface area contributed by atoms with Gasteiger partial charge in [0, 0.05) is 0 Å². The maximum atomic E-state index is 14.1. The number of halogens is 1. The van der Waals surface area contributed by atoms with Gasteiger partial charge in [-0.1, -0.05) is 42.5 Å². The molecule has 0 spiro atoms. The van der Waals surface area contributed by atoms with Crippen LogP contribution < -0.4 is 19.8 Å². The number of hydrogen-bond donors (Lipinski definition) is 2. The van der Waals surface area contributed by atoms with E-state index in [0.29, 0.717) is 15.6 Å². The molecule has 37 heavy (non-hydrogen) atoms. The number of benzene rings is 3. The van der Waals surface area contributed by atoms with Crippen LogP contribution in [0, 0.1) is 5.82 Å². The van der Waals surface area contributed by atoms with Crippen LogP contribution in [0.15, 0.2) is 84.0 Å². The van der Waals surface area contributed by atoms with Crippen LogP contribution in [0.5, 0.6) is 5.75 Å². The number of nitrogens with one attached hydrogen (secondary N) is 2. The number of carbonyl (C=O) groups excluding carboxylic acids is 2. The minimum atomic E-state index is -3.91. The van der Waals surface area contributed by atoms with Crippen LogP contribution in [0.25, 0.3) is 0 Å². The summed E-state index contributed by atoms with van der Waals surface area (Å²) >= 11 is 0. The summed E-state index contributed by atoms with van der Waals surface area (Å²) in [5.74, 6) is -1.31. The maximum Gasteiger partial charge on any atom is 0.260 e. The van der Waals surface area contributed by atoms with Gasteiger partial charge in [-0.25, -0.2) is 18.2 Å². The second-order valence-electron chi connectivity index (χ2n) is 8.07. The molecule has 0 heterocycles. The summed E-state index contributed by atoms with van der Waals surface area (Å²) in [4.78, 5) is 24.4. The molecule has 0 bridgehead atoms. The number of anilines is 1. The van der Waals surface area contributed by atoms with Crippen molar-refractivity contribution in [1.82, 2.24) is 10.7 Å². The fourth-order valence-electron chi connectivity index (χ4n) is 3.29. The van der Waals surface area contributed by atoms with E-state index in [2.05, 4.69) is 15.8 Å². The number of carbonyl (C=O) groups is 2. The van der Waals surface area contributed by atoms with Crippen molar-refractivity contribution in [2.45, 2.75) is 13.0 Å². The van der Waals surface area contributed by atoms with Gasteiger partial charge in [0.2, 0.25) is 10.0 Å². The average Bonchev–Trinajstić information content (AvgIpc) is 2.87. The molecule has 2 amide bonds. The van der Waals surface area contributed by atoms with E-state index in [4.69, 9.17) is 4.74 Å². The predicted octanol–water partition coefficient (Wildman–Crippen LogP) is 3.00. The third kappa shape index (κ3) is 8.43. The van der Waals surface area contributed by atoms with Gasteiger partial charge in [-0.05, 0) is 54.4 Å². The van der Waals surface area contributed by atoms with E-state index in [9.17, 15) is 22.4 Å². The van der Waals surface area contributed by atoms with Gasteiger partial charge in [0.1, 0.15) is 18.1 Å². The molecule has 0 aliphatic heterocycles. The lowest BCUT2D eigenvalue weighted by molar-refractivity contribution is -0.123. The molecular formula is C26H27FN4O5S. The van der Waals surface area contributed by atoms with Gasteiger partial charge in [0.05, 0.1) is 24.2 Å². The topological polar surface area (TPSA) is 117 Å². The lowest BCUT2D eigenvalue weighted by Crippen LogP contribution is -2.39. The summed E-state index contributed by atoms with van der Waals surface area (Å²) in [6.45, 7) is 1.09. The molecule has 0 saturated heterocycles. The number of hydrogen-bond acceptors (Lipinski definition) is 6. The molecule has 2 N–H and O–H groups in total. The zero-order valence-electron chi connectivity index (χ0n) is 20.3. The first-order valence-electron chi connectivity index (χ1n) is 11.2. The third-order valence-corrected chi connectivity index (χ3v) is 6.27. The number of rotatable bonds is 11. The van der Waals surface area contributed by atoms with Crippen LogP contribution in [0.1, 0.15) is 24.1 Å². The highest BCUT2D eigenvalue weighted by molar-refractivity contribution is 7.92. The number of amides is 2. The summed E-state index contributed by atoms with van der Waals surface area (Å²) < 4.78 is 44.4. The molecule has 0 saturated carbocycles. The van der Waals surface area contributed by atoms with Crippen molar-refractivity contribution in [1.29, 1.82) is 0 Å². The molecule has 1 atom stereocenters. The van der Waals surface area contributed by atoms with Gasteiger partial charge < -0.3 is 10.1 Å². The normalized spacial score (nSPS) is 12.1. The molecule has 3 aromatic carbocycles. The smallest absolute Gasteiger partial charge is 0.260 e. The summed E-state index contributed by atoms with van der Waals surface area (Å²) in [6, 6.07) is 21.3. The molecule has 194 valence electrons. The lowest BCUT2D eigenvalue weighted by atomic mass is 10.1. The van der Waals surface area contributed by atoms with Crippen LogP contribution in [-0.2, 0) is 19.6 Å². The first-order chi connectivity index (χ1) is 17.6. The number of para-hydroxylation sites is 1. The van der Waals surface area contributed by atoms with E-state index >= 15 is 0 Å². The zero-order chi connectivity index (χ0) is 26.8. The molecular weight excluding hydrogens is 499 g/mol. The Hall–Kier alpha value is -4.25. The summed E-state index contributed by atoms with van der Waals surface area (Å²) in [5, 5.41) is 6.68. The number of ether oxygens (including phenoxy) is 1. The van der Waals surface area contributed by atoms with Gasteiger partial charge in [-0.3, -0.25) is 13.9 Å². The first kappa shape index (κ1) is 27.3. The summed E-state index contributed by atoms with van der Waals surface area (Å²) in [6.07, 6.45) is 2.23. The zero-order valence-corrected chi connectivity index (χ0v) is 21.1. The average molecular weight is 527 g/mol. The maximum absolute atomic E-state index is 14.1. The molecule has 0 radical (unpaired) electrons. The van der Waals surface area contributed by atoms with Crippen LogP contribution in [0.2, 0.25) is 0 Å². The van der Waals surface area contributed by atoms with Crippen LogP contribution in [0.4, 0.5) is 10.1 Å². The number of hydrazone groups is 1. The van der Waals surface area contributed by atoms with E-state index in [1.165, 1.54) is 24.4 Å². The fraction of sp³-hybridized carbons (Fsp3) is 0.192. The Kier molecular flexibility index (Phi) is 9.33. The van der Waals surface area contributed by atoms with Crippen molar-refractivity contribution < 1.29 is 27.1 Å². The van der Waals surface area contributed by atoms with Crippen molar-refractivity contribution >= 4 is 33.7 Å². The Labute approximate surface area is 215 Å². The largest absolute Gasteiger partial charge is 0.484 e. The molecule has 9 nitrogen and oxygen atoms in total. The van der Waals surface area contributed by atoms with Crippen molar-refractivity contribution in [3.8, 4) is 5.75 Å². The Balaban J connectivity index is 1.48. The molecule has 11 heteroatoms. The highest BCUT2D eigenvalue weighted by Gasteiger charge is 2.23. The van der Waals surface area contributed by atoms with Gasteiger partial charge >= 0.3 is 0 Å². The molecule has 1 unspecified atom stereocenters. The first-order valence-corrected chi connectivity index (χ1v) is 13.1. The van der Waals surface area contributed by atoms with Gasteiger partial charge in [0.15, 0.2) is 6.61 Å². The Morgan fingerprint density at radius 3 is 2.30 bits per heavy atom. The van der Waals surface area contributed by atoms with Gasteiger partial charge in [-0.15, -0.1) is 0 Å². The van der Waals surface area contributed by atoms with E-state index in [-0.39, 0.29) is 24.2 Å². The fourth-order valence-corrected chi connectivity index (χ4v) is 4.14. The molecule has 3 rings (SSSR count). The van der Waals surface area contributed by atoms with Gasteiger partial charge in [-0.2, -0.15) is 5.10 Å². The standard InChI is InChI=1S/C26H27FN4O5S/c1-19(21-8-4-3-5-9-21)29-26(33)18-36-22-14-12-20(13-15-22)16-28-30-25(32)17-31(37(2,34)35)24-11-7-6-10-23(24)27/h3-16,19H,17-18H2,1-2H3,(H,29,33)(H,30,32). The summed E-state index contributed by atoms with van der Waals surface area (Å²) in [5.41, 5.74) is 3.60. The van der Waals surface area contributed by atoms with Crippen LogP contribution >= 0.6 is 0 Å².